The molecule has 0 heterocycles. The van der Waals surface area contributed by atoms with Crippen molar-refractivity contribution in [1.82, 2.24) is 0 Å². The van der Waals surface area contributed by atoms with Crippen molar-refractivity contribution >= 4 is 0 Å². The number of hydrogen-bond acceptors (Lipinski definition) is 0. The second-order valence-corrected chi connectivity index (χ2v) is 17.3. The highest BCUT2D eigenvalue weighted by Gasteiger charge is 2.45. The fourth-order valence-corrected chi connectivity index (χ4v) is 6.48. The van der Waals surface area contributed by atoms with E-state index in [2.05, 4.69) is 77.9 Å². The number of aryl methyl sites for hydroxylation is 2. The van der Waals surface area contributed by atoms with Crippen molar-refractivity contribution in [3.63, 3.8) is 0 Å². The highest BCUT2D eigenvalue weighted by molar-refractivity contribution is 5.80. The predicted molar refractivity (Wildman–Crippen MR) is 196 cm³/mol. The lowest BCUT2D eigenvalue weighted by atomic mass is 9.78. The van der Waals surface area contributed by atoms with Crippen molar-refractivity contribution < 1.29 is 8.78 Å². The summed E-state index contributed by atoms with van der Waals surface area (Å²) in [7, 11) is 0. The second kappa shape index (κ2) is 11.8. The summed E-state index contributed by atoms with van der Waals surface area (Å²) in [5.74, 6) is -2.92. The second-order valence-electron chi connectivity index (χ2n) is 17.3. The molecule has 4 aromatic carbocycles. The normalized spacial score (nSPS) is 15.0. The van der Waals surface area contributed by atoms with Crippen molar-refractivity contribution in [3.8, 4) is 22.3 Å². The molecule has 0 N–H and O–H groups in total. The number of hydrogen-bond donors (Lipinski definition) is 0. The first-order valence-electron chi connectivity index (χ1n) is 16.5. The topological polar surface area (TPSA) is 0 Å². The zero-order valence-corrected chi connectivity index (χ0v) is 29.6. The molecule has 0 aliphatic heterocycles. The van der Waals surface area contributed by atoms with Crippen LogP contribution in [0.25, 0.3) is 22.3 Å². The molecule has 0 spiro atoms. The Labute approximate surface area is 278 Å². The molecular weight excluding hydrogens is 566 g/mol. The van der Waals surface area contributed by atoms with Crippen molar-refractivity contribution in [2.45, 2.75) is 131 Å². The zero-order valence-electron chi connectivity index (χ0n) is 29.6. The van der Waals surface area contributed by atoms with Crippen LogP contribution in [0.15, 0.2) is 72.8 Å². The van der Waals surface area contributed by atoms with Crippen LogP contribution in [0.1, 0.15) is 135 Å². The lowest BCUT2D eigenvalue weighted by Crippen LogP contribution is -2.16. The maximum absolute atomic E-state index is 15.1. The minimum atomic E-state index is -2.92. The fourth-order valence-electron chi connectivity index (χ4n) is 6.48. The lowest BCUT2D eigenvalue weighted by molar-refractivity contribution is 0.0477. The number of fused-ring (bicyclic) bond motifs is 6. The van der Waals surface area contributed by atoms with Gasteiger partial charge >= 0.3 is 0 Å². The average molecular weight is 623 g/mol. The van der Waals surface area contributed by atoms with Crippen molar-refractivity contribution in [3.05, 3.63) is 117 Å². The van der Waals surface area contributed by atoms with Crippen LogP contribution in [-0.4, -0.2) is 0 Å². The molecule has 0 aromatic heterocycles. The van der Waals surface area contributed by atoms with E-state index in [-0.39, 0.29) is 40.2 Å². The molecule has 0 nitrogen and oxygen atoms in total. The third kappa shape index (κ3) is 6.73. The highest BCUT2D eigenvalue weighted by atomic mass is 19.3. The maximum Gasteiger partial charge on any atom is 0.299 e. The van der Waals surface area contributed by atoms with Gasteiger partial charge < -0.3 is 0 Å². The van der Waals surface area contributed by atoms with E-state index in [1.165, 1.54) is 46.2 Å². The van der Waals surface area contributed by atoms with E-state index in [0.29, 0.717) is 11.1 Å². The molecule has 246 valence electrons. The Morgan fingerprint density at radius 3 is 0.957 bits per heavy atom. The molecule has 2 aliphatic carbocycles. The molecule has 2 aliphatic rings. The third-order valence-electron chi connectivity index (χ3n) is 9.63. The minimum absolute atomic E-state index is 0. The van der Waals surface area contributed by atoms with Crippen LogP contribution >= 0.6 is 0 Å². The Kier molecular flexibility index (Phi) is 9.10. The molecule has 0 bridgehead atoms. The number of rotatable bonds is 0. The minimum Gasteiger partial charge on any atom is -0.196 e. The van der Waals surface area contributed by atoms with Crippen LogP contribution < -0.4 is 0 Å². The molecule has 0 atom stereocenters. The first-order chi connectivity index (χ1) is 20.6. The van der Waals surface area contributed by atoms with Crippen LogP contribution in [0.5, 0.6) is 0 Å². The monoisotopic (exact) mass is 622 g/mol. The Bertz CT molecular complexity index is 1610. The lowest BCUT2D eigenvalue weighted by Gasteiger charge is -2.27. The predicted octanol–water partition coefficient (Wildman–Crippen LogP) is 13.1. The standard InChI is InChI=1S/C22H28.C21H24F2.CH4/c1-21(2,3)17-9-11-19-15(13-17)7-8-16-14-18(22(4,5)6)10-12-20(16)19;1-19(2,3)13-7-9-15-16-10-8-14(20(4,5)6)12-18(16)21(22,23)17(15)11-13;/h9-14H,7-8H2,1-6H3;7-12H,1-6H3;1H4. The summed E-state index contributed by atoms with van der Waals surface area (Å²) in [5, 5.41) is 0. The van der Waals surface area contributed by atoms with Gasteiger partial charge in [0.15, 0.2) is 0 Å². The van der Waals surface area contributed by atoms with E-state index in [1.54, 1.807) is 12.1 Å². The van der Waals surface area contributed by atoms with Crippen LogP contribution in [0.3, 0.4) is 0 Å². The van der Waals surface area contributed by atoms with Gasteiger partial charge in [0.05, 0.1) is 0 Å². The van der Waals surface area contributed by atoms with Gasteiger partial charge in [-0.25, -0.2) is 0 Å². The first-order valence-corrected chi connectivity index (χ1v) is 16.5. The van der Waals surface area contributed by atoms with E-state index in [0.717, 1.165) is 11.1 Å². The van der Waals surface area contributed by atoms with E-state index in [4.69, 9.17) is 0 Å². The van der Waals surface area contributed by atoms with Crippen molar-refractivity contribution in [1.29, 1.82) is 0 Å². The highest BCUT2D eigenvalue weighted by Crippen LogP contribution is 2.52. The van der Waals surface area contributed by atoms with Gasteiger partial charge in [0.25, 0.3) is 5.92 Å². The summed E-state index contributed by atoms with van der Waals surface area (Å²) in [5.41, 5.74) is 12.5. The van der Waals surface area contributed by atoms with Gasteiger partial charge in [0.2, 0.25) is 0 Å². The molecule has 2 heteroatoms. The Balaban J connectivity index is 0.000000205. The van der Waals surface area contributed by atoms with Gasteiger partial charge in [-0.15, -0.1) is 0 Å². The van der Waals surface area contributed by atoms with Gasteiger partial charge in [-0.1, -0.05) is 151 Å². The van der Waals surface area contributed by atoms with E-state index < -0.39 is 5.92 Å². The maximum atomic E-state index is 15.1. The van der Waals surface area contributed by atoms with Crippen LogP contribution in [-0.2, 0) is 40.4 Å². The van der Waals surface area contributed by atoms with Crippen molar-refractivity contribution in [2.75, 3.05) is 0 Å². The average Bonchev–Trinajstić information content (AvgIpc) is 3.16. The summed E-state index contributed by atoms with van der Waals surface area (Å²) >= 11 is 0. The van der Waals surface area contributed by atoms with Gasteiger partial charge in [-0.2, -0.15) is 8.78 Å². The van der Waals surface area contributed by atoms with E-state index in [9.17, 15) is 0 Å². The van der Waals surface area contributed by atoms with Crippen LogP contribution in [0, 0.1) is 0 Å². The molecule has 0 saturated heterocycles. The first kappa shape index (κ1) is 35.6. The van der Waals surface area contributed by atoms with E-state index in [1.807, 2.05) is 65.8 Å². The van der Waals surface area contributed by atoms with E-state index >= 15 is 8.78 Å². The van der Waals surface area contributed by atoms with Crippen molar-refractivity contribution in [2.24, 2.45) is 0 Å². The zero-order chi connectivity index (χ0) is 33.3. The van der Waals surface area contributed by atoms with Gasteiger partial charge in [-0.05, 0) is 102 Å². The summed E-state index contributed by atoms with van der Waals surface area (Å²) in [6.07, 6.45) is 2.33. The Hall–Kier alpha value is -3.26. The van der Waals surface area contributed by atoms with Gasteiger partial charge in [-0.3, -0.25) is 0 Å². The molecule has 4 aromatic rings. The quantitative estimate of drug-likeness (QED) is 0.183. The van der Waals surface area contributed by atoms with Gasteiger partial charge in [0.1, 0.15) is 0 Å². The summed E-state index contributed by atoms with van der Waals surface area (Å²) in [4.78, 5) is 0. The SMILES string of the molecule is C.CC(C)(C)c1ccc2c(c1)C(F)(F)c1cc(C(C)(C)C)ccc1-2.CC(C)(C)c1ccc2c(c1)CCc1cc(C(C)(C)C)ccc1-2. The number of alkyl halides is 2. The van der Waals surface area contributed by atoms with Crippen LogP contribution in [0.4, 0.5) is 8.78 Å². The fraction of sp³-hybridized carbons (Fsp3) is 0.455. The molecular formula is C44H56F2. The molecule has 0 saturated carbocycles. The molecule has 6 rings (SSSR count). The Morgan fingerprint density at radius 1 is 0.413 bits per heavy atom. The largest absolute Gasteiger partial charge is 0.299 e. The summed E-state index contributed by atoms with van der Waals surface area (Å²) in [6.45, 7) is 26.0. The summed E-state index contributed by atoms with van der Waals surface area (Å²) in [6, 6.07) is 25.2. The number of benzene rings is 4. The van der Waals surface area contributed by atoms with Gasteiger partial charge in [0, 0.05) is 11.1 Å². The molecule has 0 unspecified atom stereocenters. The molecule has 0 fully saturated rings. The van der Waals surface area contributed by atoms with Crippen LogP contribution in [0.2, 0.25) is 0 Å². The smallest absolute Gasteiger partial charge is 0.196 e. The summed E-state index contributed by atoms with van der Waals surface area (Å²) < 4.78 is 30.1. The third-order valence-corrected chi connectivity index (χ3v) is 9.63. The molecule has 0 radical (unpaired) electrons. The molecule has 0 amide bonds. The molecule has 46 heavy (non-hydrogen) atoms. The number of halogens is 2. The Morgan fingerprint density at radius 2 is 0.674 bits per heavy atom.